The highest BCUT2D eigenvalue weighted by molar-refractivity contribution is 5.18. The average Bonchev–Trinajstić information content (AvgIpc) is 3.17. The van der Waals surface area contributed by atoms with E-state index in [2.05, 4.69) is 27.6 Å². The number of aromatic nitrogens is 2. The molecule has 0 saturated carbocycles. The van der Waals surface area contributed by atoms with Crippen LogP contribution in [0.4, 0.5) is 0 Å². The van der Waals surface area contributed by atoms with Crippen molar-refractivity contribution in [2.24, 2.45) is 0 Å². The number of ether oxygens (including phenoxy) is 1. The zero-order valence-electron chi connectivity index (χ0n) is 12.1. The van der Waals surface area contributed by atoms with Gasteiger partial charge in [0.25, 0.3) is 0 Å². The summed E-state index contributed by atoms with van der Waals surface area (Å²) in [5, 5.41) is 7.35. The van der Waals surface area contributed by atoms with Gasteiger partial charge in [0.05, 0.1) is 12.6 Å². The zero-order chi connectivity index (χ0) is 14.3. The molecule has 5 nitrogen and oxygen atoms in total. The Hall–Kier alpha value is -1.72. The molecular formula is C16H21N3O2. The molecule has 0 bridgehead atoms. The molecule has 0 radical (unpaired) electrons. The Balaban J connectivity index is 1.40. The molecular weight excluding hydrogens is 266 g/mol. The van der Waals surface area contributed by atoms with Gasteiger partial charge in [-0.3, -0.25) is 0 Å². The SMILES string of the molecule is c1ccc(Cc2noc(CNCCC3CCCO3)n2)cc1. The van der Waals surface area contributed by atoms with Crippen LogP contribution in [0.2, 0.25) is 0 Å². The first-order valence-electron chi connectivity index (χ1n) is 7.58. The summed E-state index contributed by atoms with van der Waals surface area (Å²) in [6, 6.07) is 10.2. The highest BCUT2D eigenvalue weighted by atomic mass is 16.5. The summed E-state index contributed by atoms with van der Waals surface area (Å²) in [6.45, 7) is 2.45. The third kappa shape index (κ3) is 4.37. The Kier molecular flexibility index (Phi) is 4.97. The number of rotatable bonds is 7. The molecule has 21 heavy (non-hydrogen) atoms. The fourth-order valence-corrected chi connectivity index (χ4v) is 2.54. The summed E-state index contributed by atoms with van der Waals surface area (Å²) in [4.78, 5) is 4.40. The largest absolute Gasteiger partial charge is 0.378 e. The van der Waals surface area contributed by atoms with Crippen molar-refractivity contribution in [2.75, 3.05) is 13.2 Å². The molecule has 112 valence electrons. The van der Waals surface area contributed by atoms with Crippen LogP contribution < -0.4 is 5.32 Å². The van der Waals surface area contributed by atoms with Gasteiger partial charge in [-0.1, -0.05) is 35.5 Å². The lowest BCUT2D eigenvalue weighted by Crippen LogP contribution is -2.20. The molecule has 1 N–H and O–H groups in total. The van der Waals surface area contributed by atoms with Crippen molar-refractivity contribution in [1.29, 1.82) is 0 Å². The summed E-state index contributed by atoms with van der Waals surface area (Å²) in [5.74, 6) is 1.38. The minimum absolute atomic E-state index is 0.425. The van der Waals surface area contributed by atoms with E-state index in [9.17, 15) is 0 Å². The number of hydrogen-bond donors (Lipinski definition) is 1. The summed E-state index contributed by atoms with van der Waals surface area (Å²) in [5.41, 5.74) is 1.19. The van der Waals surface area contributed by atoms with Crippen molar-refractivity contribution < 1.29 is 9.26 Å². The molecule has 1 aliphatic rings. The molecule has 0 amide bonds. The predicted octanol–water partition coefficient (Wildman–Crippen LogP) is 2.32. The van der Waals surface area contributed by atoms with Gasteiger partial charge in [0.1, 0.15) is 0 Å². The number of hydrogen-bond acceptors (Lipinski definition) is 5. The van der Waals surface area contributed by atoms with Gasteiger partial charge < -0.3 is 14.6 Å². The van der Waals surface area contributed by atoms with Gasteiger partial charge in [0.15, 0.2) is 5.82 Å². The van der Waals surface area contributed by atoms with E-state index < -0.39 is 0 Å². The van der Waals surface area contributed by atoms with Gasteiger partial charge in [-0.25, -0.2) is 0 Å². The van der Waals surface area contributed by atoms with E-state index in [1.54, 1.807) is 0 Å². The van der Waals surface area contributed by atoms with Crippen molar-refractivity contribution in [3.05, 3.63) is 47.6 Å². The maximum Gasteiger partial charge on any atom is 0.240 e. The molecule has 1 aromatic heterocycles. The van der Waals surface area contributed by atoms with Gasteiger partial charge in [-0.05, 0) is 31.4 Å². The van der Waals surface area contributed by atoms with Crippen LogP contribution in [0.3, 0.4) is 0 Å². The topological polar surface area (TPSA) is 60.2 Å². The summed E-state index contributed by atoms with van der Waals surface area (Å²) in [7, 11) is 0. The van der Waals surface area contributed by atoms with Crippen molar-refractivity contribution in [2.45, 2.75) is 38.3 Å². The normalized spacial score (nSPS) is 18.2. The third-order valence-corrected chi connectivity index (χ3v) is 3.66. The maximum absolute atomic E-state index is 5.58. The van der Waals surface area contributed by atoms with Crippen LogP contribution in [0, 0.1) is 0 Å². The number of benzene rings is 1. The van der Waals surface area contributed by atoms with Crippen LogP contribution in [0.5, 0.6) is 0 Å². The molecule has 1 atom stereocenters. The summed E-state index contributed by atoms with van der Waals surface area (Å²) in [6.07, 6.45) is 4.56. The predicted molar refractivity (Wildman–Crippen MR) is 78.8 cm³/mol. The van der Waals surface area contributed by atoms with Crippen molar-refractivity contribution >= 4 is 0 Å². The Morgan fingerprint density at radius 2 is 2.14 bits per heavy atom. The van der Waals surface area contributed by atoms with E-state index in [0.717, 1.165) is 25.4 Å². The molecule has 0 spiro atoms. The molecule has 1 saturated heterocycles. The smallest absolute Gasteiger partial charge is 0.240 e. The zero-order valence-corrected chi connectivity index (χ0v) is 12.1. The van der Waals surface area contributed by atoms with Crippen molar-refractivity contribution in [1.82, 2.24) is 15.5 Å². The standard InChI is InChI=1S/C16H21N3O2/c1-2-5-13(6-3-1)11-15-18-16(21-19-15)12-17-9-8-14-7-4-10-20-14/h1-3,5-6,14,17H,4,7-12H2. The Bertz CT molecular complexity index is 535. The Morgan fingerprint density at radius 1 is 1.24 bits per heavy atom. The lowest BCUT2D eigenvalue weighted by molar-refractivity contribution is 0.104. The Labute approximate surface area is 124 Å². The highest BCUT2D eigenvalue weighted by Gasteiger charge is 2.14. The first-order chi connectivity index (χ1) is 10.4. The van der Waals surface area contributed by atoms with Crippen molar-refractivity contribution in [3.63, 3.8) is 0 Å². The van der Waals surface area contributed by atoms with Gasteiger partial charge in [0.2, 0.25) is 5.89 Å². The van der Waals surface area contributed by atoms with E-state index in [4.69, 9.17) is 9.26 Å². The molecule has 3 rings (SSSR count). The minimum atomic E-state index is 0.425. The lowest BCUT2D eigenvalue weighted by Gasteiger charge is -2.08. The van der Waals surface area contributed by atoms with Crippen LogP contribution >= 0.6 is 0 Å². The fourth-order valence-electron chi connectivity index (χ4n) is 2.54. The average molecular weight is 287 g/mol. The first kappa shape index (κ1) is 14.2. The fraction of sp³-hybridized carbons (Fsp3) is 0.500. The Morgan fingerprint density at radius 3 is 2.95 bits per heavy atom. The van der Waals surface area contributed by atoms with Crippen LogP contribution in [0.15, 0.2) is 34.9 Å². The second-order valence-corrected chi connectivity index (χ2v) is 5.37. The molecule has 2 heterocycles. The van der Waals surface area contributed by atoms with E-state index in [1.165, 1.54) is 18.4 Å². The van der Waals surface area contributed by atoms with Crippen LogP contribution in [-0.4, -0.2) is 29.4 Å². The summed E-state index contributed by atoms with van der Waals surface area (Å²) >= 11 is 0. The molecule has 1 unspecified atom stereocenters. The molecule has 0 aliphatic carbocycles. The quantitative estimate of drug-likeness (QED) is 0.792. The maximum atomic E-state index is 5.58. The van der Waals surface area contributed by atoms with E-state index in [1.807, 2.05) is 18.2 Å². The number of nitrogens with one attached hydrogen (secondary N) is 1. The second kappa shape index (κ2) is 7.33. The van der Waals surface area contributed by atoms with E-state index >= 15 is 0 Å². The third-order valence-electron chi connectivity index (χ3n) is 3.66. The van der Waals surface area contributed by atoms with Gasteiger partial charge in [-0.15, -0.1) is 0 Å². The summed E-state index contributed by atoms with van der Waals surface area (Å²) < 4.78 is 10.8. The van der Waals surface area contributed by atoms with Gasteiger partial charge in [-0.2, -0.15) is 4.98 Å². The second-order valence-electron chi connectivity index (χ2n) is 5.37. The van der Waals surface area contributed by atoms with Crippen LogP contribution in [0.1, 0.15) is 36.5 Å². The van der Waals surface area contributed by atoms with Crippen LogP contribution in [-0.2, 0) is 17.7 Å². The van der Waals surface area contributed by atoms with Crippen molar-refractivity contribution in [3.8, 4) is 0 Å². The van der Waals surface area contributed by atoms with E-state index in [-0.39, 0.29) is 0 Å². The lowest BCUT2D eigenvalue weighted by atomic mass is 10.1. The van der Waals surface area contributed by atoms with Crippen LogP contribution in [0.25, 0.3) is 0 Å². The molecule has 1 aliphatic heterocycles. The molecule has 1 fully saturated rings. The first-order valence-corrected chi connectivity index (χ1v) is 7.58. The monoisotopic (exact) mass is 287 g/mol. The molecule has 5 heteroatoms. The molecule has 2 aromatic rings. The van der Waals surface area contributed by atoms with Gasteiger partial charge in [0, 0.05) is 13.0 Å². The van der Waals surface area contributed by atoms with Gasteiger partial charge >= 0.3 is 0 Å². The number of nitrogens with zero attached hydrogens (tertiary/aromatic N) is 2. The minimum Gasteiger partial charge on any atom is -0.378 e. The highest BCUT2D eigenvalue weighted by Crippen LogP contribution is 2.14. The van der Waals surface area contributed by atoms with E-state index in [0.29, 0.717) is 25.0 Å². The molecule has 1 aromatic carbocycles.